The SMILES string of the molecule is CCCCCNC(=O)C1CCN(C(=O)c2nn(-c3ccccc3)c3c2CCC3)CC1. The quantitative estimate of drug-likeness (QED) is 0.713. The van der Waals surface area contributed by atoms with Crippen molar-refractivity contribution in [3.8, 4) is 5.69 Å². The van der Waals surface area contributed by atoms with Crippen molar-refractivity contribution in [2.24, 2.45) is 5.92 Å². The lowest BCUT2D eigenvalue weighted by molar-refractivity contribution is -0.126. The van der Waals surface area contributed by atoms with Crippen molar-refractivity contribution in [3.05, 3.63) is 47.3 Å². The normalized spacial score (nSPS) is 16.5. The van der Waals surface area contributed by atoms with Gasteiger partial charge in [-0.1, -0.05) is 38.0 Å². The molecule has 0 saturated carbocycles. The Morgan fingerprint density at radius 2 is 1.87 bits per heavy atom. The Bertz CT molecular complexity index is 882. The molecule has 1 aliphatic heterocycles. The van der Waals surface area contributed by atoms with Crippen LogP contribution in [-0.4, -0.2) is 46.1 Å². The zero-order valence-corrected chi connectivity index (χ0v) is 17.9. The number of fused-ring (bicyclic) bond motifs is 1. The summed E-state index contributed by atoms with van der Waals surface area (Å²) in [7, 11) is 0. The van der Waals surface area contributed by atoms with Gasteiger partial charge in [-0.3, -0.25) is 9.59 Å². The summed E-state index contributed by atoms with van der Waals surface area (Å²) in [6.07, 6.45) is 7.74. The summed E-state index contributed by atoms with van der Waals surface area (Å²) in [5.74, 6) is 0.181. The minimum Gasteiger partial charge on any atom is -0.356 e. The van der Waals surface area contributed by atoms with E-state index < -0.39 is 0 Å². The van der Waals surface area contributed by atoms with Gasteiger partial charge in [-0.25, -0.2) is 4.68 Å². The number of para-hydroxylation sites is 1. The first-order chi connectivity index (χ1) is 14.7. The molecule has 1 aliphatic carbocycles. The lowest BCUT2D eigenvalue weighted by Gasteiger charge is -2.31. The number of aromatic nitrogens is 2. The zero-order chi connectivity index (χ0) is 20.9. The van der Waals surface area contributed by atoms with Crippen molar-refractivity contribution in [3.63, 3.8) is 0 Å². The highest BCUT2D eigenvalue weighted by molar-refractivity contribution is 5.94. The number of rotatable bonds is 7. The van der Waals surface area contributed by atoms with E-state index in [9.17, 15) is 9.59 Å². The van der Waals surface area contributed by atoms with Gasteiger partial charge < -0.3 is 10.2 Å². The van der Waals surface area contributed by atoms with Gasteiger partial charge in [-0.2, -0.15) is 5.10 Å². The molecule has 4 rings (SSSR count). The Morgan fingerprint density at radius 1 is 1.10 bits per heavy atom. The Morgan fingerprint density at radius 3 is 2.60 bits per heavy atom. The number of nitrogens with one attached hydrogen (secondary N) is 1. The van der Waals surface area contributed by atoms with E-state index in [1.807, 2.05) is 39.9 Å². The first-order valence-electron chi connectivity index (χ1n) is 11.4. The number of nitrogens with zero attached hydrogens (tertiary/aromatic N) is 3. The van der Waals surface area contributed by atoms with Crippen molar-refractivity contribution < 1.29 is 9.59 Å². The molecule has 1 N–H and O–H groups in total. The Hall–Kier alpha value is -2.63. The standard InChI is InChI=1S/C24H32N4O2/c1-2-3-7-15-25-23(29)18-13-16-27(17-14-18)24(30)22-20-11-8-12-21(20)28(26-22)19-9-5-4-6-10-19/h4-6,9-10,18H,2-3,7-8,11-17H2,1H3,(H,25,29). The Kier molecular flexibility index (Phi) is 6.50. The number of carbonyl (C=O) groups is 2. The Balaban J connectivity index is 1.40. The van der Waals surface area contributed by atoms with Crippen LogP contribution < -0.4 is 5.32 Å². The predicted octanol–water partition coefficient (Wildman–Crippen LogP) is 3.52. The average molecular weight is 409 g/mol. The smallest absolute Gasteiger partial charge is 0.274 e. The van der Waals surface area contributed by atoms with Crippen molar-refractivity contribution >= 4 is 11.8 Å². The highest BCUT2D eigenvalue weighted by Crippen LogP contribution is 2.29. The second-order valence-corrected chi connectivity index (χ2v) is 8.44. The fourth-order valence-electron chi connectivity index (χ4n) is 4.62. The molecule has 1 aromatic carbocycles. The van der Waals surface area contributed by atoms with Crippen LogP contribution in [0.1, 0.15) is 67.2 Å². The third kappa shape index (κ3) is 4.27. The van der Waals surface area contributed by atoms with E-state index in [1.165, 1.54) is 5.69 Å². The molecule has 2 amide bonds. The third-order valence-electron chi connectivity index (χ3n) is 6.37. The summed E-state index contributed by atoms with van der Waals surface area (Å²) in [6, 6.07) is 10.0. The molecule has 0 unspecified atom stereocenters. The van der Waals surface area contributed by atoms with Crippen LogP contribution in [0.25, 0.3) is 5.69 Å². The minimum atomic E-state index is 0.0169. The van der Waals surface area contributed by atoms with Gasteiger partial charge in [0.15, 0.2) is 5.69 Å². The van der Waals surface area contributed by atoms with Crippen LogP contribution in [0.4, 0.5) is 0 Å². The van der Waals surface area contributed by atoms with E-state index in [0.29, 0.717) is 18.8 Å². The highest BCUT2D eigenvalue weighted by Gasteiger charge is 2.32. The molecule has 6 heteroatoms. The van der Waals surface area contributed by atoms with E-state index in [-0.39, 0.29) is 17.7 Å². The fraction of sp³-hybridized carbons (Fsp3) is 0.542. The minimum absolute atomic E-state index is 0.0169. The molecule has 0 spiro atoms. The van der Waals surface area contributed by atoms with Gasteiger partial charge in [0.2, 0.25) is 5.91 Å². The van der Waals surface area contributed by atoms with E-state index in [1.54, 1.807) is 0 Å². The number of benzene rings is 1. The number of unbranched alkanes of at least 4 members (excludes halogenated alkanes) is 2. The average Bonchev–Trinajstić information content (AvgIpc) is 3.40. The van der Waals surface area contributed by atoms with Gasteiger partial charge >= 0.3 is 0 Å². The van der Waals surface area contributed by atoms with Gasteiger partial charge in [0.1, 0.15) is 0 Å². The van der Waals surface area contributed by atoms with Gasteiger partial charge in [0.05, 0.1) is 5.69 Å². The maximum absolute atomic E-state index is 13.3. The first-order valence-corrected chi connectivity index (χ1v) is 11.4. The molecule has 1 aromatic heterocycles. The molecule has 2 aliphatic rings. The first kappa shape index (κ1) is 20.6. The zero-order valence-electron chi connectivity index (χ0n) is 17.9. The number of hydrogen-bond acceptors (Lipinski definition) is 3. The van der Waals surface area contributed by atoms with Crippen LogP contribution in [-0.2, 0) is 17.6 Å². The second kappa shape index (κ2) is 9.45. The lowest BCUT2D eigenvalue weighted by Crippen LogP contribution is -2.43. The number of hydrogen-bond donors (Lipinski definition) is 1. The van der Waals surface area contributed by atoms with Crippen LogP contribution in [0.5, 0.6) is 0 Å². The highest BCUT2D eigenvalue weighted by atomic mass is 16.2. The van der Waals surface area contributed by atoms with E-state index >= 15 is 0 Å². The number of piperidine rings is 1. The fourth-order valence-corrected chi connectivity index (χ4v) is 4.62. The molecule has 160 valence electrons. The summed E-state index contributed by atoms with van der Waals surface area (Å²) in [4.78, 5) is 27.6. The molecular weight excluding hydrogens is 376 g/mol. The molecule has 0 atom stereocenters. The van der Waals surface area contributed by atoms with E-state index in [0.717, 1.165) is 69.2 Å². The third-order valence-corrected chi connectivity index (χ3v) is 6.37. The number of amides is 2. The van der Waals surface area contributed by atoms with Crippen molar-refractivity contribution in [1.82, 2.24) is 20.0 Å². The van der Waals surface area contributed by atoms with Crippen molar-refractivity contribution in [2.75, 3.05) is 19.6 Å². The molecule has 30 heavy (non-hydrogen) atoms. The maximum Gasteiger partial charge on any atom is 0.274 e. The van der Waals surface area contributed by atoms with Crippen molar-refractivity contribution in [1.29, 1.82) is 0 Å². The summed E-state index contributed by atoms with van der Waals surface area (Å²) in [6.45, 7) is 4.17. The molecule has 6 nitrogen and oxygen atoms in total. The van der Waals surface area contributed by atoms with Gasteiger partial charge in [-0.05, 0) is 50.7 Å². The van der Waals surface area contributed by atoms with Gasteiger partial charge in [-0.15, -0.1) is 0 Å². The molecule has 1 fully saturated rings. The summed E-state index contributed by atoms with van der Waals surface area (Å²) in [5.41, 5.74) is 3.90. The second-order valence-electron chi connectivity index (χ2n) is 8.44. The topological polar surface area (TPSA) is 67.2 Å². The maximum atomic E-state index is 13.3. The summed E-state index contributed by atoms with van der Waals surface area (Å²) >= 11 is 0. The molecule has 2 heterocycles. The van der Waals surface area contributed by atoms with Gasteiger partial charge in [0, 0.05) is 36.8 Å². The van der Waals surface area contributed by atoms with Gasteiger partial charge in [0.25, 0.3) is 5.91 Å². The molecule has 0 bridgehead atoms. The Labute approximate surface area is 178 Å². The van der Waals surface area contributed by atoms with Crippen LogP contribution in [0.2, 0.25) is 0 Å². The van der Waals surface area contributed by atoms with Crippen LogP contribution in [0.3, 0.4) is 0 Å². The van der Waals surface area contributed by atoms with Crippen LogP contribution in [0, 0.1) is 5.92 Å². The lowest BCUT2D eigenvalue weighted by atomic mass is 9.95. The molecule has 0 radical (unpaired) electrons. The number of likely N-dealkylation sites (tertiary alicyclic amines) is 1. The summed E-state index contributed by atoms with van der Waals surface area (Å²) in [5, 5.41) is 7.80. The van der Waals surface area contributed by atoms with E-state index in [4.69, 9.17) is 5.10 Å². The van der Waals surface area contributed by atoms with Crippen LogP contribution >= 0.6 is 0 Å². The van der Waals surface area contributed by atoms with E-state index in [2.05, 4.69) is 12.2 Å². The predicted molar refractivity (Wildman–Crippen MR) is 117 cm³/mol. The molecule has 1 saturated heterocycles. The molecular formula is C24H32N4O2. The summed E-state index contributed by atoms with van der Waals surface area (Å²) < 4.78 is 1.95. The van der Waals surface area contributed by atoms with Crippen LogP contribution in [0.15, 0.2) is 30.3 Å². The largest absolute Gasteiger partial charge is 0.356 e. The molecule has 2 aromatic rings. The number of carbonyl (C=O) groups excluding carboxylic acids is 2. The monoisotopic (exact) mass is 408 g/mol. The van der Waals surface area contributed by atoms with Crippen molar-refractivity contribution in [2.45, 2.75) is 58.3 Å².